The monoisotopic (exact) mass is 301 g/mol. The van der Waals surface area contributed by atoms with Gasteiger partial charge in [0, 0.05) is 24.7 Å². The molecule has 1 aliphatic carbocycles. The fourth-order valence-electron chi connectivity index (χ4n) is 2.83. The minimum atomic E-state index is -0.164. The summed E-state index contributed by atoms with van der Waals surface area (Å²) in [4.78, 5) is 10.8. The maximum atomic E-state index is 9.43. The average Bonchev–Trinajstić information content (AvgIpc) is 2.92. The van der Waals surface area contributed by atoms with E-state index in [1.165, 1.54) is 0 Å². The number of hydrogen-bond acceptors (Lipinski definition) is 5. The molecule has 0 bridgehead atoms. The van der Waals surface area contributed by atoms with Crippen molar-refractivity contribution < 1.29 is 5.11 Å². The van der Waals surface area contributed by atoms with Gasteiger partial charge in [0.1, 0.15) is 12.1 Å². The molecule has 2 aromatic rings. The molecule has 1 fully saturated rings. The molecule has 22 heavy (non-hydrogen) atoms. The van der Waals surface area contributed by atoms with E-state index in [1.807, 2.05) is 13.1 Å². The maximum Gasteiger partial charge on any atom is 0.132 e. The Kier molecular flexibility index (Phi) is 4.38. The van der Waals surface area contributed by atoms with Crippen molar-refractivity contribution in [2.24, 2.45) is 0 Å². The highest BCUT2D eigenvalue weighted by molar-refractivity contribution is 5.39. The quantitative estimate of drug-likeness (QED) is 0.853. The molecule has 0 aromatic carbocycles. The zero-order valence-electron chi connectivity index (χ0n) is 13.2. The molecule has 0 saturated heterocycles. The molecule has 0 atom stereocenters. The van der Waals surface area contributed by atoms with Gasteiger partial charge in [-0.2, -0.15) is 5.10 Å². The van der Waals surface area contributed by atoms with Gasteiger partial charge >= 0.3 is 0 Å². The normalized spacial score (nSPS) is 20.7. The molecule has 1 saturated carbocycles. The second kappa shape index (κ2) is 6.44. The number of hydrogen-bond donors (Lipinski definition) is 2. The number of aromatic nitrogens is 4. The summed E-state index contributed by atoms with van der Waals surface area (Å²) in [5.41, 5.74) is 3.22. The predicted octanol–water partition coefficient (Wildman–Crippen LogP) is 2.03. The highest BCUT2D eigenvalue weighted by atomic mass is 16.3. The number of rotatable bonds is 6. The van der Waals surface area contributed by atoms with Crippen LogP contribution in [0.3, 0.4) is 0 Å². The Morgan fingerprint density at radius 1 is 1.32 bits per heavy atom. The molecule has 2 aromatic heterocycles. The van der Waals surface area contributed by atoms with Gasteiger partial charge in [0.05, 0.1) is 24.0 Å². The fourth-order valence-corrected chi connectivity index (χ4v) is 2.83. The van der Waals surface area contributed by atoms with Crippen molar-refractivity contribution in [1.82, 2.24) is 20.2 Å². The lowest BCUT2D eigenvalue weighted by molar-refractivity contribution is 0.0732. The highest BCUT2D eigenvalue weighted by Gasteiger charge is 2.29. The molecular weight excluding hydrogens is 278 g/mol. The van der Waals surface area contributed by atoms with Crippen LogP contribution in [-0.4, -0.2) is 38.4 Å². The van der Waals surface area contributed by atoms with Gasteiger partial charge in [0.2, 0.25) is 0 Å². The third kappa shape index (κ3) is 3.27. The minimum Gasteiger partial charge on any atom is -0.393 e. The van der Waals surface area contributed by atoms with Crippen LogP contribution in [0.15, 0.2) is 18.5 Å². The average molecular weight is 301 g/mol. The van der Waals surface area contributed by atoms with Crippen molar-refractivity contribution in [3.63, 3.8) is 0 Å². The SMILES string of the molecule is CCCc1cc(CN(C)c2cc(C3CC(O)C3)ncn2)[nH]n1. The smallest absolute Gasteiger partial charge is 0.132 e. The lowest BCUT2D eigenvalue weighted by atomic mass is 9.80. The molecule has 2 N–H and O–H groups in total. The van der Waals surface area contributed by atoms with Crippen LogP contribution in [-0.2, 0) is 13.0 Å². The molecule has 0 aliphatic heterocycles. The number of aliphatic hydroxyl groups excluding tert-OH is 1. The molecule has 0 amide bonds. The molecule has 0 spiro atoms. The van der Waals surface area contributed by atoms with Gasteiger partial charge in [-0.15, -0.1) is 0 Å². The topological polar surface area (TPSA) is 77.9 Å². The van der Waals surface area contributed by atoms with E-state index in [9.17, 15) is 5.11 Å². The molecule has 0 radical (unpaired) electrons. The molecular formula is C16H23N5O. The molecule has 6 heteroatoms. The van der Waals surface area contributed by atoms with Crippen LogP contribution in [0, 0.1) is 0 Å². The van der Waals surface area contributed by atoms with E-state index in [4.69, 9.17) is 0 Å². The molecule has 3 rings (SSSR count). The van der Waals surface area contributed by atoms with Gasteiger partial charge in [-0.25, -0.2) is 9.97 Å². The van der Waals surface area contributed by atoms with E-state index in [0.717, 1.165) is 55.1 Å². The van der Waals surface area contributed by atoms with Gasteiger partial charge in [-0.1, -0.05) is 13.3 Å². The van der Waals surface area contributed by atoms with Crippen molar-refractivity contribution in [2.75, 3.05) is 11.9 Å². The van der Waals surface area contributed by atoms with Crippen LogP contribution in [0.4, 0.5) is 5.82 Å². The van der Waals surface area contributed by atoms with Crippen molar-refractivity contribution in [1.29, 1.82) is 0 Å². The van der Waals surface area contributed by atoms with Crippen LogP contribution in [0.25, 0.3) is 0 Å². The first-order valence-electron chi connectivity index (χ1n) is 7.90. The van der Waals surface area contributed by atoms with Crippen molar-refractivity contribution >= 4 is 5.82 Å². The summed E-state index contributed by atoms with van der Waals surface area (Å²) in [6.45, 7) is 2.89. The van der Waals surface area contributed by atoms with E-state index in [0.29, 0.717) is 5.92 Å². The third-order valence-electron chi connectivity index (χ3n) is 4.19. The number of nitrogens with zero attached hydrogens (tertiary/aromatic N) is 4. The number of nitrogens with one attached hydrogen (secondary N) is 1. The Morgan fingerprint density at radius 3 is 2.86 bits per heavy atom. The summed E-state index contributed by atoms with van der Waals surface area (Å²) in [7, 11) is 2.02. The van der Waals surface area contributed by atoms with Crippen molar-refractivity contribution in [2.45, 2.75) is 51.2 Å². The minimum absolute atomic E-state index is 0.164. The Morgan fingerprint density at radius 2 is 2.14 bits per heavy atom. The Bertz CT molecular complexity index is 621. The van der Waals surface area contributed by atoms with Gasteiger partial charge in [-0.3, -0.25) is 5.10 Å². The molecule has 0 unspecified atom stereocenters. The maximum absolute atomic E-state index is 9.43. The predicted molar refractivity (Wildman–Crippen MR) is 84.7 cm³/mol. The summed E-state index contributed by atoms with van der Waals surface area (Å²) in [6.07, 6.45) is 5.16. The van der Waals surface area contributed by atoms with Crippen LogP contribution < -0.4 is 4.90 Å². The largest absolute Gasteiger partial charge is 0.393 e. The van der Waals surface area contributed by atoms with Gasteiger partial charge in [-0.05, 0) is 25.3 Å². The summed E-state index contributed by atoms with van der Waals surface area (Å²) < 4.78 is 0. The Labute approximate surface area is 130 Å². The van der Waals surface area contributed by atoms with E-state index >= 15 is 0 Å². The lowest BCUT2D eigenvalue weighted by Gasteiger charge is -2.31. The molecule has 1 aliphatic rings. The number of anilines is 1. The van der Waals surface area contributed by atoms with Crippen molar-refractivity contribution in [3.05, 3.63) is 35.5 Å². The first-order valence-corrected chi connectivity index (χ1v) is 7.90. The van der Waals surface area contributed by atoms with E-state index in [2.05, 4.69) is 38.1 Å². The number of aryl methyl sites for hydroxylation is 1. The fraction of sp³-hybridized carbons (Fsp3) is 0.562. The lowest BCUT2D eigenvalue weighted by Crippen LogP contribution is -2.27. The van der Waals surface area contributed by atoms with Crippen LogP contribution in [0.1, 0.15) is 49.2 Å². The molecule has 6 nitrogen and oxygen atoms in total. The zero-order chi connectivity index (χ0) is 15.5. The third-order valence-corrected chi connectivity index (χ3v) is 4.19. The van der Waals surface area contributed by atoms with E-state index < -0.39 is 0 Å². The van der Waals surface area contributed by atoms with Gasteiger partial charge in [0.15, 0.2) is 0 Å². The van der Waals surface area contributed by atoms with Crippen LogP contribution in [0.2, 0.25) is 0 Å². The summed E-state index contributed by atoms with van der Waals surface area (Å²) >= 11 is 0. The van der Waals surface area contributed by atoms with E-state index in [-0.39, 0.29) is 6.10 Å². The second-order valence-electron chi connectivity index (χ2n) is 6.11. The molecule has 118 valence electrons. The summed E-state index contributed by atoms with van der Waals surface area (Å²) in [5.74, 6) is 1.27. The Balaban J connectivity index is 1.66. The van der Waals surface area contributed by atoms with Crippen LogP contribution in [0.5, 0.6) is 0 Å². The highest BCUT2D eigenvalue weighted by Crippen LogP contribution is 2.36. The second-order valence-corrected chi connectivity index (χ2v) is 6.11. The van der Waals surface area contributed by atoms with Gasteiger partial charge < -0.3 is 10.0 Å². The van der Waals surface area contributed by atoms with Crippen molar-refractivity contribution in [3.8, 4) is 0 Å². The summed E-state index contributed by atoms with van der Waals surface area (Å²) in [6, 6.07) is 4.14. The number of H-pyrrole nitrogens is 1. The van der Waals surface area contributed by atoms with Gasteiger partial charge in [0.25, 0.3) is 0 Å². The number of aliphatic hydroxyl groups is 1. The molecule has 2 heterocycles. The first kappa shape index (κ1) is 15.0. The summed E-state index contributed by atoms with van der Waals surface area (Å²) in [5, 5.41) is 16.8. The van der Waals surface area contributed by atoms with Crippen LogP contribution >= 0.6 is 0 Å². The zero-order valence-corrected chi connectivity index (χ0v) is 13.2. The van der Waals surface area contributed by atoms with E-state index in [1.54, 1.807) is 6.33 Å². The standard InChI is InChI=1S/C16H23N5O/c1-3-4-12-7-13(20-19-12)9-21(2)16-8-15(17-10-18-16)11-5-14(22)6-11/h7-8,10-11,14,22H,3-6,9H2,1-2H3,(H,19,20). The number of aromatic amines is 1. The first-order chi connectivity index (χ1) is 10.7. The Hall–Kier alpha value is -1.95.